The molecule has 0 unspecified atom stereocenters. The molecular formula is C10H9BrN2O. The highest BCUT2D eigenvalue weighted by atomic mass is 79.9. The van der Waals surface area contributed by atoms with Crippen LogP contribution in [0.3, 0.4) is 0 Å². The number of hydrogen-bond acceptors (Lipinski definition) is 2. The van der Waals surface area contributed by atoms with E-state index >= 15 is 0 Å². The smallest absolute Gasteiger partial charge is 0.259 e. The van der Waals surface area contributed by atoms with Gasteiger partial charge in [-0.25, -0.2) is 4.98 Å². The number of aryl methyl sites for hydroxylation is 2. The number of aromatic nitrogens is 2. The SMILES string of the molecule is Cc1nc2ccc(Br)c(C)c2c(=O)[nH]1. The predicted octanol–water partition coefficient (Wildman–Crippen LogP) is 2.30. The number of rotatable bonds is 0. The van der Waals surface area contributed by atoms with Crippen molar-refractivity contribution >= 4 is 26.8 Å². The Morgan fingerprint density at radius 1 is 1.36 bits per heavy atom. The van der Waals surface area contributed by atoms with Gasteiger partial charge < -0.3 is 4.98 Å². The molecule has 0 amide bonds. The summed E-state index contributed by atoms with van der Waals surface area (Å²) < 4.78 is 0.932. The van der Waals surface area contributed by atoms with Gasteiger partial charge in [-0.1, -0.05) is 15.9 Å². The van der Waals surface area contributed by atoms with E-state index in [1.54, 1.807) is 6.92 Å². The van der Waals surface area contributed by atoms with Crippen LogP contribution in [0.1, 0.15) is 11.4 Å². The first kappa shape index (κ1) is 9.40. The van der Waals surface area contributed by atoms with E-state index in [-0.39, 0.29) is 5.56 Å². The van der Waals surface area contributed by atoms with Crippen LogP contribution in [-0.4, -0.2) is 9.97 Å². The topological polar surface area (TPSA) is 45.8 Å². The summed E-state index contributed by atoms with van der Waals surface area (Å²) in [5.74, 6) is 0.643. The number of benzene rings is 1. The fourth-order valence-electron chi connectivity index (χ4n) is 1.49. The normalized spacial score (nSPS) is 10.8. The summed E-state index contributed by atoms with van der Waals surface area (Å²) in [6, 6.07) is 3.75. The van der Waals surface area contributed by atoms with Crippen LogP contribution in [0, 0.1) is 13.8 Å². The minimum Gasteiger partial charge on any atom is -0.310 e. The summed E-state index contributed by atoms with van der Waals surface area (Å²) in [5, 5.41) is 0.657. The second kappa shape index (κ2) is 3.20. The van der Waals surface area contributed by atoms with Gasteiger partial charge in [-0.3, -0.25) is 4.79 Å². The van der Waals surface area contributed by atoms with E-state index in [0.29, 0.717) is 11.2 Å². The van der Waals surface area contributed by atoms with Crippen molar-refractivity contribution in [2.75, 3.05) is 0 Å². The lowest BCUT2D eigenvalue weighted by Crippen LogP contribution is -2.11. The molecule has 1 heterocycles. The van der Waals surface area contributed by atoms with Crippen molar-refractivity contribution < 1.29 is 0 Å². The number of aromatic amines is 1. The van der Waals surface area contributed by atoms with Gasteiger partial charge in [-0.05, 0) is 31.5 Å². The minimum atomic E-state index is -0.0775. The first-order valence-corrected chi connectivity index (χ1v) is 5.04. The highest BCUT2D eigenvalue weighted by Crippen LogP contribution is 2.21. The Morgan fingerprint density at radius 2 is 2.07 bits per heavy atom. The molecule has 0 spiro atoms. The molecule has 2 rings (SSSR count). The lowest BCUT2D eigenvalue weighted by Gasteiger charge is -2.03. The molecule has 72 valence electrons. The van der Waals surface area contributed by atoms with E-state index < -0.39 is 0 Å². The number of nitrogens with one attached hydrogen (secondary N) is 1. The first-order valence-electron chi connectivity index (χ1n) is 4.25. The van der Waals surface area contributed by atoms with Crippen LogP contribution < -0.4 is 5.56 Å². The maximum absolute atomic E-state index is 11.7. The van der Waals surface area contributed by atoms with Gasteiger partial charge in [-0.15, -0.1) is 0 Å². The Morgan fingerprint density at radius 3 is 2.79 bits per heavy atom. The second-order valence-corrected chi connectivity index (χ2v) is 4.07. The Labute approximate surface area is 89.3 Å². The largest absolute Gasteiger partial charge is 0.310 e. The molecule has 0 aliphatic heterocycles. The minimum absolute atomic E-state index is 0.0775. The Hall–Kier alpha value is -1.16. The van der Waals surface area contributed by atoms with Crippen LogP contribution >= 0.6 is 15.9 Å². The molecule has 4 heteroatoms. The number of fused-ring (bicyclic) bond motifs is 1. The molecule has 0 fully saturated rings. The van der Waals surface area contributed by atoms with E-state index in [0.717, 1.165) is 15.6 Å². The average Bonchev–Trinajstić information content (AvgIpc) is 2.10. The number of hydrogen-bond donors (Lipinski definition) is 1. The maximum Gasteiger partial charge on any atom is 0.259 e. The van der Waals surface area contributed by atoms with Crippen molar-refractivity contribution in [2.45, 2.75) is 13.8 Å². The van der Waals surface area contributed by atoms with E-state index in [1.807, 2.05) is 19.1 Å². The molecule has 14 heavy (non-hydrogen) atoms. The number of H-pyrrole nitrogens is 1. The summed E-state index contributed by atoms with van der Waals surface area (Å²) in [6.07, 6.45) is 0. The monoisotopic (exact) mass is 252 g/mol. The van der Waals surface area contributed by atoms with Crippen molar-refractivity contribution in [1.29, 1.82) is 0 Å². The van der Waals surface area contributed by atoms with Gasteiger partial charge in [0, 0.05) is 4.47 Å². The zero-order chi connectivity index (χ0) is 10.3. The Bertz CT molecular complexity index is 560. The summed E-state index contributed by atoms with van der Waals surface area (Å²) >= 11 is 3.39. The van der Waals surface area contributed by atoms with Crippen LogP contribution in [0.15, 0.2) is 21.4 Å². The maximum atomic E-state index is 11.7. The fraction of sp³-hybridized carbons (Fsp3) is 0.200. The molecule has 2 aromatic rings. The van der Waals surface area contributed by atoms with E-state index in [4.69, 9.17) is 0 Å². The quantitative estimate of drug-likeness (QED) is 0.782. The van der Waals surface area contributed by atoms with Crippen LogP contribution in [0.2, 0.25) is 0 Å². The van der Waals surface area contributed by atoms with Gasteiger partial charge in [0.1, 0.15) is 5.82 Å². The van der Waals surface area contributed by atoms with E-state index in [1.165, 1.54) is 0 Å². The molecule has 3 nitrogen and oxygen atoms in total. The van der Waals surface area contributed by atoms with Crippen LogP contribution in [0.4, 0.5) is 0 Å². The predicted molar refractivity (Wildman–Crippen MR) is 59.5 cm³/mol. The third kappa shape index (κ3) is 1.35. The molecular weight excluding hydrogens is 244 g/mol. The molecule has 1 aromatic heterocycles. The van der Waals surface area contributed by atoms with Crippen molar-refractivity contribution in [2.24, 2.45) is 0 Å². The van der Waals surface area contributed by atoms with Crippen LogP contribution in [0.5, 0.6) is 0 Å². The highest BCUT2D eigenvalue weighted by Gasteiger charge is 2.06. The van der Waals surface area contributed by atoms with Gasteiger partial charge in [0.25, 0.3) is 5.56 Å². The standard InChI is InChI=1S/C10H9BrN2O/c1-5-7(11)3-4-8-9(5)10(14)13-6(2)12-8/h3-4H,1-2H3,(H,12,13,14). The van der Waals surface area contributed by atoms with Crippen molar-refractivity contribution in [1.82, 2.24) is 9.97 Å². The molecule has 0 bridgehead atoms. The van der Waals surface area contributed by atoms with Crippen LogP contribution in [0.25, 0.3) is 10.9 Å². The third-order valence-corrected chi connectivity index (χ3v) is 3.05. The number of halogens is 1. The molecule has 0 aliphatic rings. The van der Waals surface area contributed by atoms with Gasteiger partial charge in [-0.2, -0.15) is 0 Å². The zero-order valence-corrected chi connectivity index (χ0v) is 9.47. The zero-order valence-electron chi connectivity index (χ0n) is 7.89. The van der Waals surface area contributed by atoms with Crippen LogP contribution in [-0.2, 0) is 0 Å². The van der Waals surface area contributed by atoms with Gasteiger partial charge in [0.05, 0.1) is 10.9 Å². The molecule has 0 saturated heterocycles. The third-order valence-electron chi connectivity index (χ3n) is 2.19. The summed E-state index contributed by atoms with van der Waals surface area (Å²) in [4.78, 5) is 18.6. The Balaban J connectivity index is 3.03. The van der Waals surface area contributed by atoms with E-state index in [2.05, 4.69) is 25.9 Å². The molecule has 1 N–H and O–H groups in total. The first-order chi connectivity index (χ1) is 6.59. The van der Waals surface area contributed by atoms with Crippen molar-refractivity contribution in [3.8, 4) is 0 Å². The summed E-state index contributed by atoms with van der Waals surface area (Å²) in [7, 11) is 0. The summed E-state index contributed by atoms with van der Waals surface area (Å²) in [5.41, 5.74) is 1.59. The summed E-state index contributed by atoms with van der Waals surface area (Å²) in [6.45, 7) is 3.68. The highest BCUT2D eigenvalue weighted by molar-refractivity contribution is 9.10. The molecule has 0 saturated carbocycles. The molecule has 1 aromatic carbocycles. The lowest BCUT2D eigenvalue weighted by molar-refractivity contribution is 1.06. The number of nitrogens with zero attached hydrogens (tertiary/aromatic N) is 1. The molecule has 0 aliphatic carbocycles. The second-order valence-electron chi connectivity index (χ2n) is 3.22. The molecule has 0 atom stereocenters. The van der Waals surface area contributed by atoms with Gasteiger partial charge in [0.2, 0.25) is 0 Å². The average molecular weight is 253 g/mol. The lowest BCUT2D eigenvalue weighted by atomic mass is 10.1. The van der Waals surface area contributed by atoms with Crippen molar-refractivity contribution in [3.05, 3.63) is 38.3 Å². The van der Waals surface area contributed by atoms with Gasteiger partial charge >= 0.3 is 0 Å². The van der Waals surface area contributed by atoms with Gasteiger partial charge in [0.15, 0.2) is 0 Å². The molecule has 0 radical (unpaired) electrons. The Kier molecular flexibility index (Phi) is 2.15. The van der Waals surface area contributed by atoms with E-state index in [9.17, 15) is 4.79 Å². The van der Waals surface area contributed by atoms with Crippen molar-refractivity contribution in [3.63, 3.8) is 0 Å². The fourth-order valence-corrected chi connectivity index (χ4v) is 1.82.